The molecule has 0 atom stereocenters. The van der Waals surface area contributed by atoms with Crippen LogP contribution in [0.15, 0.2) is 65.4 Å². The van der Waals surface area contributed by atoms with Crippen molar-refractivity contribution >= 4 is 28.7 Å². The predicted octanol–water partition coefficient (Wildman–Crippen LogP) is 2.70. The second kappa shape index (κ2) is 7.27. The molecule has 0 fully saturated rings. The first kappa shape index (κ1) is 18.7. The molecular formula is C18H15N5O5. The second-order valence-electron chi connectivity index (χ2n) is 6.15. The summed E-state index contributed by atoms with van der Waals surface area (Å²) in [4.78, 5) is 35.2. The van der Waals surface area contributed by atoms with Gasteiger partial charge >= 0.3 is 0 Å². The summed E-state index contributed by atoms with van der Waals surface area (Å²) in [5.74, 6) is -0.407. The minimum atomic E-state index is -0.529. The van der Waals surface area contributed by atoms with Crippen LogP contribution in [0.3, 0.4) is 0 Å². The Bertz CT molecular complexity index is 1010. The van der Waals surface area contributed by atoms with Crippen LogP contribution < -0.4 is 5.01 Å². The van der Waals surface area contributed by atoms with Crippen LogP contribution >= 0.6 is 0 Å². The van der Waals surface area contributed by atoms with Gasteiger partial charge < -0.3 is 4.90 Å². The molecular weight excluding hydrogens is 366 g/mol. The molecule has 10 heteroatoms. The third kappa shape index (κ3) is 3.56. The average Bonchev–Trinajstić information content (AvgIpc) is 2.98. The van der Waals surface area contributed by atoms with Crippen molar-refractivity contribution in [3.05, 3.63) is 86.1 Å². The number of amides is 1. The molecule has 0 aromatic heterocycles. The Balaban J connectivity index is 2.04. The van der Waals surface area contributed by atoms with Gasteiger partial charge in [0, 0.05) is 50.1 Å². The lowest BCUT2D eigenvalue weighted by molar-refractivity contribution is -0.385. The lowest BCUT2D eigenvalue weighted by atomic mass is 10.0. The molecule has 3 rings (SSSR count). The number of rotatable bonds is 5. The standard InChI is InChI=1S/C18H15N5O5/c1-20(2)11-16-17(12-3-5-14(6-4-12)22(25)26)19-21(18(16)24)13-7-9-15(10-8-13)23(27)28/h3-11H,1-2H3. The van der Waals surface area contributed by atoms with Gasteiger partial charge in [-0.15, -0.1) is 0 Å². The van der Waals surface area contributed by atoms with Crippen molar-refractivity contribution < 1.29 is 14.6 Å². The molecule has 2 aromatic rings. The van der Waals surface area contributed by atoms with E-state index in [0.29, 0.717) is 22.5 Å². The van der Waals surface area contributed by atoms with E-state index in [4.69, 9.17) is 0 Å². The quantitative estimate of drug-likeness (QED) is 0.446. The van der Waals surface area contributed by atoms with Crippen molar-refractivity contribution in [2.24, 2.45) is 5.10 Å². The molecule has 0 radical (unpaired) electrons. The molecule has 0 spiro atoms. The first-order valence-electron chi connectivity index (χ1n) is 8.09. The van der Waals surface area contributed by atoms with E-state index in [0.717, 1.165) is 5.01 Å². The summed E-state index contributed by atoms with van der Waals surface area (Å²) in [6, 6.07) is 11.2. The van der Waals surface area contributed by atoms with E-state index in [9.17, 15) is 25.0 Å². The van der Waals surface area contributed by atoms with Crippen LogP contribution in [0.4, 0.5) is 17.1 Å². The molecule has 0 saturated carbocycles. The number of non-ortho nitro benzene ring substituents is 2. The van der Waals surface area contributed by atoms with E-state index in [1.54, 1.807) is 25.2 Å². The summed E-state index contributed by atoms with van der Waals surface area (Å²) in [5.41, 5.74) is 1.40. The zero-order valence-electron chi connectivity index (χ0n) is 15.0. The summed E-state index contributed by atoms with van der Waals surface area (Å²) < 4.78 is 0. The SMILES string of the molecule is CN(C)C=C1C(=O)N(c2ccc([N+](=O)[O-])cc2)N=C1c1ccc([N+](=O)[O-])cc1. The molecule has 1 amide bonds. The number of carbonyl (C=O) groups excluding carboxylic acids is 1. The Morgan fingerprint density at radius 2 is 1.43 bits per heavy atom. The van der Waals surface area contributed by atoms with Crippen molar-refractivity contribution in [1.29, 1.82) is 0 Å². The number of hydrogen-bond acceptors (Lipinski definition) is 7. The fourth-order valence-corrected chi connectivity index (χ4v) is 2.63. The monoisotopic (exact) mass is 381 g/mol. The Morgan fingerprint density at radius 1 is 0.929 bits per heavy atom. The molecule has 0 aliphatic carbocycles. The molecule has 0 N–H and O–H groups in total. The number of hydrogen-bond donors (Lipinski definition) is 0. The zero-order chi connectivity index (χ0) is 20.4. The smallest absolute Gasteiger partial charge is 0.282 e. The third-order valence-electron chi connectivity index (χ3n) is 3.92. The lowest BCUT2D eigenvalue weighted by Gasteiger charge is -2.12. The average molecular weight is 381 g/mol. The van der Waals surface area contributed by atoms with Gasteiger partial charge in [-0.2, -0.15) is 10.1 Å². The van der Waals surface area contributed by atoms with E-state index in [1.165, 1.54) is 48.5 Å². The van der Waals surface area contributed by atoms with Crippen LogP contribution in [-0.4, -0.2) is 40.5 Å². The Labute approximate surface area is 159 Å². The van der Waals surface area contributed by atoms with Crippen molar-refractivity contribution in [3.63, 3.8) is 0 Å². The molecule has 0 unspecified atom stereocenters. The Hall–Kier alpha value is -4.08. The molecule has 10 nitrogen and oxygen atoms in total. The topological polar surface area (TPSA) is 122 Å². The van der Waals surface area contributed by atoms with Gasteiger partial charge in [0.2, 0.25) is 0 Å². The van der Waals surface area contributed by atoms with Gasteiger partial charge in [-0.3, -0.25) is 25.0 Å². The van der Waals surface area contributed by atoms with Crippen molar-refractivity contribution in [2.45, 2.75) is 0 Å². The summed E-state index contributed by atoms with van der Waals surface area (Å²) in [6.45, 7) is 0. The Kier molecular flexibility index (Phi) is 4.86. The summed E-state index contributed by atoms with van der Waals surface area (Å²) in [5, 5.41) is 27.2. The van der Waals surface area contributed by atoms with Gasteiger partial charge in [0.25, 0.3) is 17.3 Å². The highest BCUT2D eigenvalue weighted by molar-refractivity contribution is 6.35. The molecule has 1 heterocycles. The van der Waals surface area contributed by atoms with Crippen molar-refractivity contribution in [1.82, 2.24) is 4.90 Å². The van der Waals surface area contributed by atoms with E-state index in [-0.39, 0.29) is 11.4 Å². The first-order valence-corrected chi connectivity index (χ1v) is 8.09. The Morgan fingerprint density at radius 3 is 1.89 bits per heavy atom. The van der Waals surface area contributed by atoms with Gasteiger partial charge in [-0.25, -0.2) is 0 Å². The predicted molar refractivity (Wildman–Crippen MR) is 102 cm³/mol. The zero-order valence-corrected chi connectivity index (χ0v) is 15.0. The van der Waals surface area contributed by atoms with Crippen molar-refractivity contribution in [2.75, 3.05) is 19.1 Å². The maximum atomic E-state index is 12.9. The minimum Gasteiger partial charge on any atom is -0.383 e. The van der Waals surface area contributed by atoms with Crippen LogP contribution in [0.5, 0.6) is 0 Å². The fourth-order valence-electron chi connectivity index (χ4n) is 2.63. The first-order chi connectivity index (χ1) is 13.3. The van der Waals surface area contributed by atoms with Crippen LogP contribution in [0.2, 0.25) is 0 Å². The highest BCUT2D eigenvalue weighted by atomic mass is 16.6. The highest BCUT2D eigenvalue weighted by Gasteiger charge is 2.32. The number of nitro benzene ring substituents is 2. The van der Waals surface area contributed by atoms with Gasteiger partial charge in [0.15, 0.2) is 0 Å². The largest absolute Gasteiger partial charge is 0.383 e. The van der Waals surface area contributed by atoms with Crippen LogP contribution in [0, 0.1) is 20.2 Å². The summed E-state index contributed by atoms with van der Waals surface area (Å²) >= 11 is 0. The van der Waals surface area contributed by atoms with Gasteiger partial charge in [-0.05, 0) is 24.3 Å². The molecule has 0 saturated heterocycles. The third-order valence-corrected chi connectivity index (χ3v) is 3.92. The second-order valence-corrected chi connectivity index (χ2v) is 6.15. The molecule has 28 heavy (non-hydrogen) atoms. The number of nitrogens with zero attached hydrogens (tertiary/aromatic N) is 5. The van der Waals surface area contributed by atoms with E-state index in [2.05, 4.69) is 5.10 Å². The van der Waals surface area contributed by atoms with Crippen LogP contribution in [0.25, 0.3) is 0 Å². The highest BCUT2D eigenvalue weighted by Crippen LogP contribution is 2.28. The molecule has 142 valence electrons. The van der Waals surface area contributed by atoms with Gasteiger partial charge in [0.1, 0.15) is 5.71 Å². The lowest BCUT2D eigenvalue weighted by Crippen LogP contribution is -2.22. The maximum absolute atomic E-state index is 12.9. The van der Waals surface area contributed by atoms with Crippen molar-refractivity contribution in [3.8, 4) is 0 Å². The van der Waals surface area contributed by atoms with E-state index < -0.39 is 15.8 Å². The molecule has 2 aromatic carbocycles. The summed E-state index contributed by atoms with van der Waals surface area (Å²) in [7, 11) is 3.50. The fraction of sp³-hybridized carbons (Fsp3) is 0.111. The van der Waals surface area contributed by atoms with Gasteiger partial charge in [-0.1, -0.05) is 0 Å². The summed E-state index contributed by atoms with van der Waals surface area (Å²) in [6.07, 6.45) is 1.61. The van der Waals surface area contributed by atoms with Gasteiger partial charge in [0.05, 0.1) is 21.1 Å². The number of anilines is 1. The normalized spacial score (nSPS) is 14.9. The van der Waals surface area contributed by atoms with E-state index >= 15 is 0 Å². The maximum Gasteiger partial charge on any atom is 0.282 e. The molecule has 1 aliphatic rings. The number of benzene rings is 2. The molecule has 0 bridgehead atoms. The van der Waals surface area contributed by atoms with Crippen LogP contribution in [0.1, 0.15) is 5.56 Å². The number of carbonyl (C=O) groups is 1. The number of hydrazone groups is 1. The number of nitro groups is 2. The minimum absolute atomic E-state index is 0.0703. The molecule has 1 aliphatic heterocycles. The van der Waals surface area contributed by atoms with E-state index in [1.807, 2.05) is 0 Å². The van der Waals surface area contributed by atoms with Crippen LogP contribution in [-0.2, 0) is 4.79 Å².